The van der Waals surface area contributed by atoms with Gasteiger partial charge >= 0.3 is 0 Å². The number of methoxy groups -OCH3 is 1. The van der Waals surface area contributed by atoms with E-state index in [1.54, 1.807) is 7.11 Å². The number of aromatic nitrogens is 2. The van der Waals surface area contributed by atoms with E-state index >= 15 is 0 Å². The number of benzene rings is 1. The van der Waals surface area contributed by atoms with Gasteiger partial charge in [-0.1, -0.05) is 23.7 Å². The summed E-state index contributed by atoms with van der Waals surface area (Å²) in [5, 5.41) is 0.641. The minimum atomic E-state index is 0.0170. The van der Waals surface area contributed by atoms with Crippen molar-refractivity contribution in [2.75, 3.05) is 13.7 Å². The second kappa shape index (κ2) is 6.22. The van der Waals surface area contributed by atoms with E-state index < -0.39 is 0 Å². The summed E-state index contributed by atoms with van der Waals surface area (Å²) in [4.78, 5) is 22.3. The third kappa shape index (κ3) is 2.94. The Labute approximate surface area is 145 Å². The average molecular weight is 346 g/mol. The molecule has 0 spiro atoms. The van der Waals surface area contributed by atoms with Gasteiger partial charge in [-0.15, -0.1) is 0 Å². The van der Waals surface area contributed by atoms with Crippen molar-refractivity contribution in [3.05, 3.63) is 56.2 Å². The van der Waals surface area contributed by atoms with Crippen LogP contribution in [0.25, 0.3) is 0 Å². The highest BCUT2D eigenvalue weighted by Gasteiger charge is 2.29. The molecule has 5 nitrogen and oxygen atoms in total. The molecule has 0 unspecified atom stereocenters. The lowest BCUT2D eigenvalue weighted by Crippen LogP contribution is -2.35. The van der Waals surface area contributed by atoms with Crippen molar-refractivity contribution in [1.82, 2.24) is 14.9 Å². The molecule has 6 heteroatoms. The van der Waals surface area contributed by atoms with Gasteiger partial charge in [0, 0.05) is 32.0 Å². The van der Waals surface area contributed by atoms with Gasteiger partial charge in [-0.05, 0) is 24.5 Å². The molecule has 4 rings (SSSR count). The maximum atomic E-state index is 12.4. The van der Waals surface area contributed by atoms with Gasteiger partial charge in [0.25, 0.3) is 5.56 Å². The topological polar surface area (TPSA) is 58.2 Å². The number of hydrogen-bond donors (Lipinski definition) is 1. The summed E-state index contributed by atoms with van der Waals surface area (Å²) in [6.07, 6.45) is 3.09. The van der Waals surface area contributed by atoms with Crippen LogP contribution in [0.1, 0.15) is 41.4 Å². The lowest BCUT2D eigenvalue weighted by molar-refractivity contribution is 0.241. The van der Waals surface area contributed by atoms with Crippen LogP contribution in [0, 0.1) is 0 Å². The van der Waals surface area contributed by atoms with Gasteiger partial charge in [0.2, 0.25) is 0 Å². The number of hydrogen-bond acceptors (Lipinski definition) is 4. The largest absolute Gasteiger partial charge is 0.495 e. The predicted octanol–water partition coefficient (Wildman–Crippen LogP) is 2.87. The Kier molecular flexibility index (Phi) is 4.06. The monoisotopic (exact) mass is 345 g/mol. The van der Waals surface area contributed by atoms with Crippen molar-refractivity contribution in [2.24, 2.45) is 0 Å². The first-order valence-corrected chi connectivity index (χ1v) is 8.69. The Bertz CT molecular complexity index is 829. The Hall–Kier alpha value is -1.85. The third-order valence-corrected chi connectivity index (χ3v) is 5.22. The van der Waals surface area contributed by atoms with Crippen LogP contribution in [0.4, 0.5) is 0 Å². The molecule has 126 valence electrons. The second-order valence-corrected chi connectivity index (χ2v) is 6.92. The molecule has 0 atom stereocenters. The summed E-state index contributed by atoms with van der Waals surface area (Å²) >= 11 is 6.39. The van der Waals surface area contributed by atoms with Crippen molar-refractivity contribution in [1.29, 1.82) is 0 Å². The average Bonchev–Trinajstić information content (AvgIpc) is 3.42. The van der Waals surface area contributed by atoms with Crippen LogP contribution >= 0.6 is 11.6 Å². The predicted molar refractivity (Wildman–Crippen MR) is 92.7 cm³/mol. The van der Waals surface area contributed by atoms with Crippen molar-refractivity contribution >= 4 is 11.6 Å². The molecule has 0 radical (unpaired) electrons. The fourth-order valence-corrected chi connectivity index (χ4v) is 3.53. The van der Waals surface area contributed by atoms with Crippen LogP contribution in [0.3, 0.4) is 0 Å². The van der Waals surface area contributed by atoms with Crippen molar-refractivity contribution in [3.63, 3.8) is 0 Å². The number of fused-ring (bicyclic) bond motifs is 1. The van der Waals surface area contributed by atoms with Crippen molar-refractivity contribution < 1.29 is 4.74 Å². The molecule has 1 aromatic heterocycles. The molecule has 0 amide bonds. The highest BCUT2D eigenvalue weighted by Crippen LogP contribution is 2.38. The van der Waals surface area contributed by atoms with Crippen LogP contribution in [0.15, 0.2) is 23.0 Å². The van der Waals surface area contributed by atoms with Gasteiger partial charge in [-0.25, -0.2) is 4.98 Å². The van der Waals surface area contributed by atoms with Gasteiger partial charge in [0.1, 0.15) is 11.6 Å². The molecule has 1 N–H and O–H groups in total. The highest BCUT2D eigenvalue weighted by atomic mass is 35.5. The van der Waals surface area contributed by atoms with E-state index in [9.17, 15) is 4.79 Å². The minimum Gasteiger partial charge on any atom is -0.495 e. The molecule has 24 heavy (non-hydrogen) atoms. The summed E-state index contributed by atoms with van der Waals surface area (Å²) in [6.45, 7) is 2.18. The fraction of sp³-hybridized carbons (Fsp3) is 0.444. The van der Waals surface area contributed by atoms with E-state index in [4.69, 9.17) is 21.3 Å². The number of H-pyrrole nitrogens is 1. The van der Waals surface area contributed by atoms with E-state index in [1.165, 1.54) is 0 Å². The Morgan fingerprint density at radius 1 is 1.42 bits per heavy atom. The number of nitrogens with one attached hydrogen (secondary N) is 1. The zero-order valence-corrected chi connectivity index (χ0v) is 14.4. The second-order valence-electron chi connectivity index (χ2n) is 6.54. The standard InChI is InChI=1S/C18H20ClN3O2/c1-24-15-4-2-3-12(16(15)19)9-22-8-7-14-13(10-22)18(23)21-17(20-14)11-5-6-11/h2-4,11H,5-10H2,1H3,(H,20,21,23). The van der Waals surface area contributed by atoms with Gasteiger partial charge in [0.05, 0.1) is 23.4 Å². The Morgan fingerprint density at radius 2 is 2.25 bits per heavy atom. The minimum absolute atomic E-state index is 0.0170. The molecule has 2 aliphatic rings. The molecule has 0 saturated heterocycles. The number of rotatable bonds is 4. The summed E-state index contributed by atoms with van der Waals surface area (Å²) < 4.78 is 5.28. The lowest BCUT2D eigenvalue weighted by atomic mass is 10.1. The molecular weight excluding hydrogens is 326 g/mol. The van der Waals surface area contributed by atoms with Crippen LogP contribution in [0.5, 0.6) is 5.75 Å². The van der Waals surface area contributed by atoms with Gasteiger partial charge in [0.15, 0.2) is 0 Å². The number of aromatic amines is 1. The quantitative estimate of drug-likeness (QED) is 0.925. The van der Waals surface area contributed by atoms with Gasteiger partial charge in [-0.2, -0.15) is 0 Å². The van der Waals surface area contributed by atoms with Gasteiger partial charge < -0.3 is 9.72 Å². The Morgan fingerprint density at radius 3 is 3.00 bits per heavy atom. The zero-order chi connectivity index (χ0) is 16.7. The molecule has 1 aliphatic carbocycles. The van der Waals surface area contributed by atoms with E-state index in [-0.39, 0.29) is 5.56 Å². The first-order valence-electron chi connectivity index (χ1n) is 8.31. The summed E-state index contributed by atoms with van der Waals surface area (Å²) in [7, 11) is 1.62. The van der Waals surface area contributed by atoms with Crippen LogP contribution in [0.2, 0.25) is 5.02 Å². The third-order valence-electron chi connectivity index (χ3n) is 4.79. The molecule has 1 fully saturated rings. The van der Waals surface area contributed by atoms with E-state index in [1.807, 2.05) is 18.2 Å². The van der Waals surface area contributed by atoms with Gasteiger partial charge in [-0.3, -0.25) is 9.69 Å². The van der Waals surface area contributed by atoms with Crippen LogP contribution in [-0.4, -0.2) is 28.5 Å². The van der Waals surface area contributed by atoms with E-state index in [0.717, 1.165) is 48.5 Å². The first-order chi connectivity index (χ1) is 11.7. The van der Waals surface area contributed by atoms with Crippen molar-refractivity contribution in [3.8, 4) is 5.75 Å². The molecule has 0 bridgehead atoms. The number of nitrogens with zero attached hydrogens (tertiary/aromatic N) is 2. The van der Waals surface area contributed by atoms with E-state index in [0.29, 0.717) is 29.8 Å². The molecule has 2 heterocycles. The van der Waals surface area contributed by atoms with E-state index in [2.05, 4.69) is 9.88 Å². The lowest BCUT2D eigenvalue weighted by Gasteiger charge is -2.28. The first kappa shape index (κ1) is 15.7. The molecule has 1 aromatic carbocycles. The van der Waals surface area contributed by atoms with Crippen molar-refractivity contribution in [2.45, 2.75) is 38.3 Å². The SMILES string of the molecule is COc1cccc(CN2CCc3nc(C4CC4)[nH]c(=O)c3C2)c1Cl. The summed E-state index contributed by atoms with van der Waals surface area (Å²) in [5.74, 6) is 2.03. The summed E-state index contributed by atoms with van der Waals surface area (Å²) in [5.41, 5.74) is 2.79. The normalized spacial score (nSPS) is 17.6. The Balaban J connectivity index is 1.55. The smallest absolute Gasteiger partial charge is 0.255 e. The molecular formula is C18H20ClN3O2. The maximum Gasteiger partial charge on any atom is 0.255 e. The number of ether oxygens (including phenoxy) is 1. The van der Waals surface area contributed by atoms with Crippen LogP contribution < -0.4 is 10.3 Å². The maximum absolute atomic E-state index is 12.4. The number of halogens is 1. The van der Waals surface area contributed by atoms with Crippen LogP contribution in [-0.2, 0) is 19.5 Å². The fourth-order valence-electron chi connectivity index (χ4n) is 3.26. The zero-order valence-electron chi connectivity index (χ0n) is 13.6. The highest BCUT2D eigenvalue weighted by molar-refractivity contribution is 6.32. The molecule has 2 aromatic rings. The summed E-state index contributed by atoms with van der Waals surface area (Å²) in [6, 6.07) is 5.79. The molecule has 1 aliphatic heterocycles. The molecule has 1 saturated carbocycles.